The Hall–Kier alpha value is -1.98. The summed E-state index contributed by atoms with van der Waals surface area (Å²) < 4.78 is 222. The molecule has 0 spiro atoms. The van der Waals surface area contributed by atoms with Gasteiger partial charge in [0.15, 0.2) is 0 Å². The Bertz CT molecular complexity index is 700. The fraction of sp³-hybridized carbons (Fsp3) is 0.750. The summed E-state index contributed by atoms with van der Waals surface area (Å²) in [4.78, 5) is 10.7. The molecule has 0 aromatic heterocycles. The van der Waals surface area contributed by atoms with Gasteiger partial charge in [0.2, 0.25) is 0 Å². The molecule has 19 heteroatoms. The quantitative estimate of drug-likeness (QED) is 0.239. The largest absolute Gasteiger partial charge is 0.473 e. The Morgan fingerprint density at radius 3 is 1.13 bits per heavy atom. The summed E-state index contributed by atoms with van der Waals surface area (Å²) in [6.45, 7) is 2.83. The number of hydrogen-bond acceptors (Lipinski definition) is 2. The number of carbonyl (C=O) groups excluding carboxylic acids is 1. The van der Waals surface area contributed by atoms with E-state index in [-0.39, 0.29) is 0 Å². The maximum atomic E-state index is 13.4. The van der Waals surface area contributed by atoms with Gasteiger partial charge in [0.05, 0.1) is 0 Å². The highest BCUT2D eigenvalue weighted by Gasteiger charge is 2.97. The van der Waals surface area contributed by atoms with Gasteiger partial charge in [-0.05, 0) is 6.92 Å². The molecule has 0 heterocycles. The number of alkyl halides is 17. The van der Waals surface area contributed by atoms with Crippen LogP contribution in [0.4, 0.5) is 74.6 Å². The van der Waals surface area contributed by atoms with Gasteiger partial charge in [0, 0.05) is 5.57 Å². The summed E-state index contributed by atoms with van der Waals surface area (Å²) in [7, 11) is 0. The van der Waals surface area contributed by atoms with Crippen molar-refractivity contribution in [3.8, 4) is 0 Å². The van der Waals surface area contributed by atoms with Gasteiger partial charge < -0.3 is 4.74 Å². The molecule has 0 bridgehead atoms. The van der Waals surface area contributed by atoms with Crippen LogP contribution in [0.3, 0.4) is 0 Å². The molecule has 0 aliphatic rings. The van der Waals surface area contributed by atoms with Crippen molar-refractivity contribution in [3.63, 3.8) is 0 Å². The molecule has 0 atom stereocenters. The van der Waals surface area contributed by atoms with Crippen LogP contribution in [0.1, 0.15) is 6.92 Å². The third kappa shape index (κ3) is 3.87. The van der Waals surface area contributed by atoms with Crippen LogP contribution in [0.25, 0.3) is 0 Å². The lowest BCUT2D eigenvalue weighted by Crippen LogP contribution is -2.77. The minimum absolute atomic E-state index is 0.377. The van der Waals surface area contributed by atoms with E-state index in [4.69, 9.17) is 0 Å². The minimum atomic E-state index is -8.86. The molecule has 31 heavy (non-hydrogen) atoms. The van der Waals surface area contributed by atoms with Crippen LogP contribution in [0.2, 0.25) is 0 Å². The lowest BCUT2D eigenvalue weighted by Gasteiger charge is -2.43. The normalized spacial score (nSPS) is 15.7. The van der Waals surface area contributed by atoms with Crippen LogP contribution in [0.5, 0.6) is 0 Å². The molecule has 0 saturated carbocycles. The third-order valence-corrected chi connectivity index (χ3v) is 3.33. The number of ether oxygens (including phenoxy) is 1. The van der Waals surface area contributed by atoms with E-state index in [9.17, 15) is 79.4 Å². The van der Waals surface area contributed by atoms with Gasteiger partial charge in [-0.15, -0.1) is 0 Å². The van der Waals surface area contributed by atoms with Crippen molar-refractivity contribution in [2.45, 2.75) is 54.7 Å². The topological polar surface area (TPSA) is 26.3 Å². The summed E-state index contributed by atoms with van der Waals surface area (Å²) >= 11 is 0. The van der Waals surface area contributed by atoms with Gasteiger partial charge in [0.25, 0.3) is 0 Å². The van der Waals surface area contributed by atoms with E-state index in [1.807, 2.05) is 0 Å². The predicted molar refractivity (Wildman–Crippen MR) is 61.6 cm³/mol. The zero-order valence-electron chi connectivity index (χ0n) is 13.9. The second-order valence-electron chi connectivity index (χ2n) is 5.64. The molecule has 0 aliphatic carbocycles. The van der Waals surface area contributed by atoms with Gasteiger partial charge in [-0.1, -0.05) is 6.58 Å². The summed E-state index contributed by atoms with van der Waals surface area (Å²) in [6, 6.07) is 0. The summed E-state index contributed by atoms with van der Waals surface area (Å²) in [5.41, 5.74) is -9.94. The van der Waals surface area contributed by atoms with Crippen molar-refractivity contribution in [2.75, 3.05) is 0 Å². The molecule has 2 nitrogen and oxygen atoms in total. The van der Waals surface area contributed by atoms with E-state index in [1.165, 1.54) is 0 Å². The molecule has 0 aromatic carbocycles. The highest BCUT2D eigenvalue weighted by molar-refractivity contribution is 5.87. The van der Waals surface area contributed by atoms with E-state index >= 15 is 0 Å². The zero-order valence-corrected chi connectivity index (χ0v) is 13.9. The molecule has 0 unspecified atom stereocenters. The Morgan fingerprint density at radius 2 is 0.871 bits per heavy atom. The minimum Gasteiger partial charge on any atom is -0.393 e. The molecule has 0 amide bonds. The van der Waals surface area contributed by atoms with Crippen LogP contribution < -0.4 is 0 Å². The summed E-state index contributed by atoms with van der Waals surface area (Å²) in [6.07, 6.45) is -23.6. The molecule has 0 saturated heterocycles. The monoisotopic (exact) mass is 504 g/mol. The molecule has 0 radical (unpaired) electrons. The lowest BCUT2D eigenvalue weighted by atomic mass is 9.85. The molecular weight excluding hydrogens is 499 g/mol. The van der Waals surface area contributed by atoms with Crippen LogP contribution in [-0.4, -0.2) is 53.8 Å². The first-order valence-corrected chi connectivity index (χ1v) is 6.68. The summed E-state index contributed by atoms with van der Waals surface area (Å²) in [5.74, 6) is -37.1. The van der Waals surface area contributed by atoms with E-state index in [2.05, 4.69) is 11.3 Å². The second kappa shape index (κ2) is 7.28. The van der Waals surface area contributed by atoms with E-state index in [1.54, 1.807) is 0 Å². The fourth-order valence-corrected chi connectivity index (χ4v) is 1.58. The number of carbonyl (C=O) groups is 1. The number of esters is 1. The maximum absolute atomic E-state index is 13.4. The van der Waals surface area contributed by atoms with Crippen LogP contribution in [0, 0.1) is 0 Å². The van der Waals surface area contributed by atoms with Gasteiger partial charge in [0.1, 0.15) is 0 Å². The highest BCUT2D eigenvalue weighted by atomic mass is 19.4. The SMILES string of the molecule is C=C(C)C(=O)OC(F)(F)C(F)(F)C(F)(F)C(F)(F)C(F)(F)C(F)(C(F)(F)F)C(F)(F)F. The average molecular weight is 504 g/mol. The van der Waals surface area contributed by atoms with Crippen molar-refractivity contribution >= 4 is 5.97 Å². The first-order valence-electron chi connectivity index (χ1n) is 6.68. The molecular formula is C12H5F17O2. The van der Waals surface area contributed by atoms with Crippen molar-refractivity contribution in [3.05, 3.63) is 12.2 Å². The fourth-order valence-electron chi connectivity index (χ4n) is 1.58. The van der Waals surface area contributed by atoms with E-state index < -0.39 is 59.4 Å². The van der Waals surface area contributed by atoms with Crippen molar-refractivity contribution < 1.29 is 84.2 Å². The molecule has 0 aliphatic heterocycles. The lowest BCUT2D eigenvalue weighted by molar-refractivity contribution is -0.476. The smallest absolute Gasteiger partial charge is 0.393 e. The van der Waals surface area contributed by atoms with Gasteiger partial charge in [-0.25, -0.2) is 9.18 Å². The predicted octanol–water partition coefficient (Wildman–Crippen LogP) is 6.07. The number of halogens is 17. The zero-order chi connectivity index (χ0) is 25.9. The van der Waals surface area contributed by atoms with Crippen LogP contribution in [0.15, 0.2) is 12.2 Å². The number of rotatable bonds is 7. The van der Waals surface area contributed by atoms with Crippen molar-refractivity contribution in [2.24, 2.45) is 0 Å². The highest BCUT2D eigenvalue weighted by Crippen LogP contribution is 2.65. The molecule has 0 fully saturated rings. The van der Waals surface area contributed by atoms with Gasteiger partial charge in [-0.2, -0.15) is 70.2 Å². The first-order chi connectivity index (χ1) is 13.1. The molecule has 0 aromatic rings. The van der Waals surface area contributed by atoms with Crippen LogP contribution in [-0.2, 0) is 9.53 Å². The standard InChI is InChI=1S/C12H5F17O2/c1-3(2)4(30)31-12(28,29)9(20,21)8(18,19)7(16,17)6(14,15)5(13,10(22,23)24)11(25,26)27/h1H2,2H3. The summed E-state index contributed by atoms with van der Waals surface area (Å²) in [5, 5.41) is 0. The number of hydrogen-bond donors (Lipinski definition) is 0. The Labute approximate surface area is 158 Å². The molecule has 0 N–H and O–H groups in total. The van der Waals surface area contributed by atoms with E-state index in [0.717, 1.165) is 0 Å². The van der Waals surface area contributed by atoms with Crippen molar-refractivity contribution in [1.82, 2.24) is 0 Å². The van der Waals surface area contributed by atoms with Crippen LogP contribution >= 0.6 is 0 Å². The maximum Gasteiger partial charge on any atom is 0.473 e. The second-order valence-corrected chi connectivity index (χ2v) is 5.64. The van der Waals surface area contributed by atoms with Crippen molar-refractivity contribution in [1.29, 1.82) is 0 Å². The van der Waals surface area contributed by atoms with Gasteiger partial charge in [-0.3, -0.25) is 0 Å². The molecule has 0 rings (SSSR count). The van der Waals surface area contributed by atoms with Gasteiger partial charge >= 0.3 is 53.8 Å². The van der Waals surface area contributed by atoms with E-state index in [0.29, 0.717) is 6.92 Å². The average Bonchev–Trinajstić information content (AvgIpc) is 2.50. The third-order valence-electron chi connectivity index (χ3n) is 3.33. The Morgan fingerprint density at radius 1 is 0.581 bits per heavy atom. The Balaban J connectivity index is 6.88. The Kier molecular flexibility index (Phi) is 6.81. The molecule has 184 valence electrons. The first kappa shape index (κ1) is 29.0.